The van der Waals surface area contributed by atoms with E-state index in [2.05, 4.69) is 27.7 Å². The van der Waals surface area contributed by atoms with Gasteiger partial charge in [0, 0.05) is 49.8 Å². The zero-order chi connectivity index (χ0) is 18.9. The molecule has 0 bridgehead atoms. The quantitative estimate of drug-likeness (QED) is 0.745. The van der Waals surface area contributed by atoms with Gasteiger partial charge < -0.3 is 14.8 Å². The van der Waals surface area contributed by atoms with Gasteiger partial charge in [-0.25, -0.2) is 9.67 Å². The lowest BCUT2D eigenvalue weighted by molar-refractivity contribution is 0.297. The van der Waals surface area contributed by atoms with E-state index in [4.69, 9.17) is 14.6 Å². The van der Waals surface area contributed by atoms with Crippen LogP contribution in [0.5, 0.6) is 11.5 Å². The van der Waals surface area contributed by atoms with Crippen LogP contribution >= 0.6 is 0 Å². The molecule has 0 aliphatic carbocycles. The van der Waals surface area contributed by atoms with Crippen LogP contribution in [0.3, 0.4) is 0 Å². The lowest BCUT2D eigenvalue weighted by Gasteiger charge is -2.23. The molecule has 1 atom stereocenters. The van der Waals surface area contributed by atoms with Gasteiger partial charge >= 0.3 is 0 Å². The third-order valence-corrected chi connectivity index (χ3v) is 5.31. The first-order chi connectivity index (χ1) is 13.8. The maximum Gasteiger partial charge on any atom is 0.161 e. The molecular formula is C20H24N6O2. The van der Waals surface area contributed by atoms with Crippen molar-refractivity contribution in [3.63, 3.8) is 0 Å². The number of benzene rings is 1. The van der Waals surface area contributed by atoms with Crippen molar-refractivity contribution in [2.24, 2.45) is 7.05 Å². The molecule has 0 saturated heterocycles. The van der Waals surface area contributed by atoms with Crippen molar-refractivity contribution in [1.29, 1.82) is 0 Å². The molecule has 1 N–H and O–H groups in total. The van der Waals surface area contributed by atoms with E-state index >= 15 is 0 Å². The Bertz CT molecular complexity index is 979. The number of ether oxygens (including phenoxy) is 2. The number of rotatable bonds is 4. The summed E-state index contributed by atoms with van der Waals surface area (Å²) in [6, 6.07) is 6.46. The predicted molar refractivity (Wildman–Crippen MR) is 103 cm³/mol. The smallest absolute Gasteiger partial charge is 0.161 e. The maximum atomic E-state index is 5.85. The van der Waals surface area contributed by atoms with E-state index in [1.54, 1.807) is 6.33 Å². The standard InChI is InChI=1S/C20H24N6O2/c1-25-11-15(10-21-16-4-6-19-22-13-23-26(19)12-16)20(24-25)14-3-5-17-18(9-14)28-8-2-7-27-17/h3,5,9,11,13,16,21H,2,4,6-8,10,12H2,1H3. The van der Waals surface area contributed by atoms with Crippen molar-refractivity contribution in [3.05, 3.63) is 42.1 Å². The summed E-state index contributed by atoms with van der Waals surface area (Å²) < 4.78 is 15.5. The minimum absolute atomic E-state index is 0.381. The van der Waals surface area contributed by atoms with Gasteiger partial charge in [-0.3, -0.25) is 4.68 Å². The van der Waals surface area contributed by atoms with Gasteiger partial charge in [-0.15, -0.1) is 0 Å². The Morgan fingerprint density at radius 2 is 2.11 bits per heavy atom. The molecule has 4 heterocycles. The van der Waals surface area contributed by atoms with Crippen molar-refractivity contribution in [2.45, 2.75) is 38.4 Å². The molecule has 5 rings (SSSR count). The molecule has 146 valence electrons. The number of fused-ring (bicyclic) bond motifs is 2. The highest BCUT2D eigenvalue weighted by Gasteiger charge is 2.21. The van der Waals surface area contributed by atoms with Gasteiger partial charge in [-0.1, -0.05) is 0 Å². The van der Waals surface area contributed by atoms with Gasteiger partial charge in [0.05, 0.1) is 25.5 Å². The van der Waals surface area contributed by atoms with Crippen molar-refractivity contribution < 1.29 is 9.47 Å². The van der Waals surface area contributed by atoms with Gasteiger partial charge in [0.25, 0.3) is 0 Å². The minimum Gasteiger partial charge on any atom is -0.490 e. The zero-order valence-corrected chi connectivity index (χ0v) is 16.0. The SMILES string of the molecule is Cn1cc(CNC2CCc3ncnn3C2)c(-c2ccc3c(c2)OCCCO3)n1. The lowest BCUT2D eigenvalue weighted by atomic mass is 10.1. The maximum absolute atomic E-state index is 5.85. The van der Waals surface area contributed by atoms with E-state index in [9.17, 15) is 0 Å². The summed E-state index contributed by atoms with van der Waals surface area (Å²) in [6.07, 6.45) is 6.64. The molecule has 8 heteroatoms. The van der Waals surface area contributed by atoms with Crippen molar-refractivity contribution in [2.75, 3.05) is 13.2 Å². The Kier molecular flexibility index (Phi) is 4.48. The minimum atomic E-state index is 0.381. The number of hydrogen-bond acceptors (Lipinski definition) is 6. The summed E-state index contributed by atoms with van der Waals surface area (Å²) in [7, 11) is 1.96. The number of nitrogens with zero attached hydrogens (tertiary/aromatic N) is 5. The summed E-state index contributed by atoms with van der Waals surface area (Å²) >= 11 is 0. The molecule has 1 aromatic carbocycles. The third kappa shape index (κ3) is 3.35. The van der Waals surface area contributed by atoms with E-state index in [1.165, 1.54) is 5.56 Å². The topological polar surface area (TPSA) is 79.0 Å². The van der Waals surface area contributed by atoms with Crippen LogP contribution in [-0.2, 0) is 26.6 Å². The first-order valence-corrected chi connectivity index (χ1v) is 9.79. The second-order valence-electron chi connectivity index (χ2n) is 7.36. The van der Waals surface area contributed by atoms with Gasteiger partial charge in [0.2, 0.25) is 0 Å². The third-order valence-electron chi connectivity index (χ3n) is 5.31. The number of aryl methyl sites for hydroxylation is 2. The van der Waals surface area contributed by atoms with Crippen molar-refractivity contribution >= 4 is 0 Å². The molecule has 0 spiro atoms. The summed E-state index contributed by atoms with van der Waals surface area (Å²) in [6.45, 7) is 2.99. The van der Waals surface area contributed by atoms with Crippen LogP contribution in [0.4, 0.5) is 0 Å². The monoisotopic (exact) mass is 380 g/mol. The van der Waals surface area contributed by atoms with Crippen LogP contribution < -0.4 is 14.8 Å². The van der Waals surface area contributed by atoms with Gasteiger partial charge in [-0.05, 0) is 24.6 Å². The average molecular weight is 380 g/mol. The summed E-state index contributed by atoms with van der Waals surface area (Å²) in [4.78, 5) is 4.30. The molecule has 2 aromatic heterocycles. The van der Waals surface area contributed by atoms with Gasteiger partial charge in [0.1, 0.15) is 12.2 Å². The fourth-order valence-electron chi connectivity index (χ4n) is 3.88. The zero-order valence-electron chi connectivity index (χ0n) is 16.0. The number of nitrogens with one attached hydrogen (secondary N) is 1. The normalized spacial score (nSPS) is 18.5. The van der Waals surface area contributed by atoms with Crippen LogP contribution in [0, 0.1) is 0 Å². The first kappa shape index (κ1) is 17.2. The predicted octanol–water partition coefficient (Wildman–Crippen LogP) is 1.94. The molecule has 1 unspecified atom stereocenters. The van der Waals surface area contributed by atoms with Crippen LogP contribution in [0.1, 0.15) is 24.2 Å². The van der Waals surface area contributed by atoms with Crippen molar-refractivity contribution in [3.8, 4) is 22.8 Å². The van der Waals surface area contributed by atoms with Crippen LogP contribution in [0.2, 0.25) is 0 Å². The molecule has 2 aliphatic heterocycles. The lowest BCUT2D eigenvalue weighted by Crippen LogP contribution is -2.37. The molecule has 8 nitrogen and oxygen atoms in total. The Hall–Kier alpha value is -2.87. The summed E-state index contributed by atoms with van der Waals surface area (Å²) in [5.74, 6) is 2.68. The Morgan fingerprint density at radius 3 is 3.04 bits per heavy atom. The number of aromatic nitrogens is 5. The number of hydrogen-bond donors (Lipinski definition) is 1. The van der Waals surface area contributed by atoms with E-state index in [-0.39, 0.29) is 0 Å². The molecule has 3 aromatic rings. The largest absolute Gasteiger partial charge is 0.490 e. The Morgan fingerprint density at radius 1 is 1.21 bits per heavy atom. The van der Waals surface area contributed by atoms with Crippen molar-refractivity contribution in [1.82, 2.24) is 29.9 Å². The Balaban J connectivity index is 1.34. The first-order valence-electron chi connectivity index (χ1n) is 9.79. The molecule has 2 aliphatic rings. The highest BCUT2D eigenvalue weighted by atomic mass is 16.5. The Labute approximate surface area is 163 Å². The second kappa shape index (κ2) is 7.27. The molecule has 0 fully saturated rings. The second-order valence-corrected chi connectivity index (χ2v) is 7.36. The molecule has 0 saturated carbocycles. The van der Waals surface area contributed by atoms with Crippen LogP contribution in [0.15, 0.2) is 30.7 Å². The van der Waals surface area contributed by atoms with E-state index in [0.29, 0.717) is 19.3 Å². The molecular weight excluding hydrogens is 356 g/mol. The molecule has 0 radical (unpaired) electrons. The fourth-order valence-corrected chi connectivity index (χ4v) is 3.88. The summed E-state index contributed by atoms with van der Waals surface area (Å²) in [5.41, 5.74) is 3.19. The highest BCUT2D eigenvalue weighted by molar-refractivity contribution is 5.66. The van der Waals surface area contributed by atoms with Crippen LogP contribution in [0.25, 0.3) is 11.3 Å². The van der Waals surface area contributed by atoms with E-state index in [1.807, 2.05) is 28.5 Å². The van der Waals surface area contributed by atoms with E-state index in [0.717, 1.165) is 60.9 Å². The van der Waals surface area contributed by atoms with Gasteiger partial charge in [-0.2, -0.15) is 10.2 Å². The summed E-state index contributed by atoms with van der Waals surface area (Å²) in [5, 5.41) is 12.7. The molecule has 28 heavy (non-hydrogen) atoms. The fraction of sp³-hybridized carbons (Fsp3) is 0.450. The molecule has 0 amide bonds. The van der Waals surface area contributed by atoms with E-state index < -0.39 is 0 Å². The average Bonchev–Trinajstić information content (AvgIpc) is 3.25. The highest BCUT2D eigenvalue weighted by Crippen LogP contribution is 2.34. The van der Waals surface area contributed by atoms with Gasteiger partial charge in [0.15, 0.2) is 11.5 Å². The van der Waals surface area contributed by atoms with Crippen LogP contribution in [-0.4, -0.2) is 43.8 Å².